The van der Waals surface area contributed by atoms with E-state index in [1.54, 1.807) is 6.20 Å². The average molecular weight is 162 g/mol. The van der Waals surface area contributed by atoms with E-state index in [0.29, 0.717) is 6.54 Å². The molecule has 2 nitrogen and oxygen atoms in total. The highest BCUT2D eigenvalue weighted by molar-refractivity contribution is 5.62. The number of nitrogens with two attached hydrogens (primary N) is 1. The first kappa shape index (κ1) is 8.94. The first-order valence-electron chi connectivity index (χ1n) is 4.12. The molecule has 64 valence electrons. The van der Waals surface area contributed by atoms with Crippen LogP contribution in [0.2, 0.25) is 0 Å². The standard InChI is InChI=1S/C10H14N2/c1-9(4-2-6-11)10-5-3-7-12-8-10/h3-5,7-8H,2,6,11H2,1H3/b9-4-. The molecule has 0 amide bonds. The van der Waals surface area contributed by atoms with Gasteiger partial charge in [0.25, 0.3) is 0 Å². The molecule has 2 N–H and O–H groups in total. The zero-order chi connectivity index (χ0) is 8.81. The second-order valence-corrected chi connectivity index (χ2v) is 2.71. The van der Waals surface area contributed by atoms with Gasteiger partial charge in [0.05, 0.1) is 0 Å². The van der Waals surface area contributed by atoms with Crippen molar-refractivity contribution in [1.82, 2.24) is 4.98 Å². The topological polar surface area (TPSA) is 38.9 Å². The van der Waals surface area contributed by atoms with Crippen molar-refractivity contribution >= 4 is 5.57 Å². The molecular formula is C10H14N2. The lowest BCUT2D eigenvalue weighted by atomic mass is 10.1. The summed E-state index contributed by atoms with van der Waals surface area (Å²) < 4.78 is 0. The van der Waals surface area contributed by atoms with Crippen LogP contribution in [0.3, 0.4) is 0 Å². The van der Waals surface area contributed by atoms with Crippen molar-refractivity contribution in [2.45, 2.75) is 13.3 Å². The minimum Gasteiger partial charge on any atom is -0.330 e. The van der Waals surface area contributed by atoms with Crippen LogP contribution in [0.5, 0.6) is 0 Å². The van der Waals surface area contributed by atoms with Gasteiger partial charge in [-0.3, -0.25) is 4.98 Å². The fourth-order valence-corrected chi connectivity index (χ4v) is 1.01. The van der Waals surface area contributed by atoms with Crippen LogP contribution < -0.4 is 5.73 Å². The van der Waals surface area contributed by atoms with E-state index in [-0.39, 0.29) is 0 Å². The Labute approximate surface area is 73.1 Å². The number of rotatable bonds is 3. The van der Waals surface area contributed by atoms with Crippen LogP contribution in [0, 0.1) is 0 Å². The van der Waals surface area contributed by atoms with Crippen molar-refractivity contribution in [2.24, 2.45) is 5.73 Å². The Hall–Kier alpha value is -1.15. The molecule has 0 aromatic carbocycles. The van der Waals surface area contributed by atoms with Gasteiger partial charge in [-0.15, -0.1) is 0 Å². The third kappa shape index (κ3) is 2.47. The SMILES string of the molecule is C/C(=C/CCN)c1cccnc1. The second-order valence-electron chi connectivity index (χ2n) is 2.71. The molecule has 0 radical (unpaired) electrons. The van der Waals surface area contributed by atoms with Gasteiger partial charge in [-0.2, -0.15) is 0 Å². The summed E-state index contributed by atoms with van der Waals surface area (Å²) in [4.78, 5) is 4.04. The maximum atomic E-state index is 5.39. The van der Waals surface area contributed by atoms with Crippen LogP contribution in [0.4, 0.5) is 0 Å². The number of hydrogen-bond donors (Lipinski definition) is 1. The summed E-state index contributed by atoms with van der Waals surface area (Å²) in [5.41, 5.74) is 7.81. The molecule has 1 heterocycles. The lowest BCUT2D eigenvalue weighted by Gasteiger charge is -1.98. The molecule has 0 aliphatic carbocycles. The molecule has 0 bridgehead atoms. The van der Waals surface area contributed by atoms with Gasteiger partial charge < -0.3 is 5.73 Å². The van der Waals surface area contributed by atoms with E-state index in [1.807, 2.05) is 12.3 Å². The summed E-state index contributed by atoms with van der Waals surface area (Å²) in [5, 5.41) is 0. The summed E-state index contributed by atoms with van der Waals surface area (Å²) >= 11 is 0. The highest BCUT2D eigenvalue weighted by Gasteiger charge is 1.92. The Morgan fingerprint density at radius 3 is 3.08 bits per heavy atom. The fourth-order valence-electron chi connectivity index (χ4n) is 1.01. The maximum absolute atomic E-state index is 5.39. The van der Waals surface area contributed by atoms with E-state index in [4.69, 9.17) is 5.73 Å². The molecule has 0 fully saturated rings. The van der Waals surface area contributed by atoms with Crippen molar-refractivity contribution < 1.29 is 0 Å². The van der Waals surface area contributed by atoms with Crippen LogP contribution >= 0.6 is 0 Å². The quantitative estimate of drug-likeness (QED) is 0.736. The number of allylic oxidation sites excluding steroid dienone is 1. The molecule has 0 saturated heterocycles. The molecular weight excluding hydrogens is 148 g/mol. The van der Waals surface area contributed by atoms with Crippen LogP contribution in [0.1, 0.15) is 18.9 Å². The van der Waals surface area contributed by atoms with E-state index in [2.05, 4.69) is 24.1 Å². The summed E-state index contributed by atoms with van der Waals surface area (Å²) in [7, 11) is 0. The third-order valence-corrected chi connectivity index (χ3v) is 1.73. The predicted octanol–water partition coefficient (Wildman–Crippen LogP) is 1.83. The largest absolute Gasteiger partial charge is 0.330 e. The first-order chi connectivity index (χ1) is 5.84. The van der Waals surface area contributed by atoms with E-state index in [1.165, 1.54) is 11.1 Å². The molecule has 0 saturated carbocycles. The van der Waals surface area contributed by atoms with Crippen LogP contribution in [0.25, 0.3) is 5.57 Å². The Kier molecular flexibility index (Phi) is 3.48. The van der Waals surface area contributed by atoms with E-state index in [9.17, 15) is 0 Å². The van der Waals surface area contributed by atoms with Crippen molar-refractivity contribution in [2.75, 3.05) is 6.54 Å². The zero-order valence-corrected chi connectivity index (χ0v) is 7.33. The van der Waals surface area contributed by atoms with Crippen LogP contribution in [0.15, 0.2) is 30.6 Å². The van der Waals surface area contributed by atoms with Crippen molar-refractivity contribution in [3.05, 3.63) is 36.2 Å². The normalized spacial score (nSPS) is 11.7. The number of hydrogen-bond acceptors (Lipinski definition) is 2. The van der Waals surface area contributed by atoms with Crippen LogP contribution in [-0.2, 0) is 0 Å². The Bertz CT molecular complexity index is 252. The number of aromatic nitrogens is 1. The predicted molar refractivity (Wildman–Crippen MR) is 51.6 cm³/mol. The lowest BCUT2D eigenvalue weighted by Crippen LogP contribution is -1.95. The second kappa shape index (κ2) is 4.67. The fraction of sp³-hybridized carbons (Fsp3) is 0.300. The number of pyridine rings is 1. The molecule has 1 aromatic heterocycles. The van der Waals surface area contributed by atoms with Crippen molar-refractivity contribution in [3.63, 3.8) is 0 Å². The maximum Gasteiger partial charge on any atom is 0.0342 e. The molecule has 2 heteroatoms. The molecule has 12 heavy (non-hydrogen) atoms. The van der Waals surface area contributed by atoms with Gasteiger partial charge in [0.2, 0.25) is 0 Å². The van der Waals surface area contributed by atoms with Gasteiger partial charge in [-0.25, -0.2) is 0 Å². The monoisotopic (exact) mass is 162 g/mol. The van der Waals surface area contributed by atoms with Gasteiger partial charge in [0, 0.05) is 12.4 Å². The smallest absolute Gasteiger partial charge is 0.0342 e. The summed E-state index contributed by atoms with van der Waals surface area (Å²) in [5.74, 6) is 0. The average Bonchev–Trinajstić information content (AvgIpc) is 2.15. The Balaban J connectivity index is 2.71. The Morgan fingerprint density at radius 1 is 1.67 bits per heavy atom. The zero-order valence-electron chi connectivity index (χ0n) is 7.33. The molecule has 0 aliphatic heterocycles. The van der Waals surface area contributed by atoms with Gasteiger partial charge in [-0.05, 0) is 37.1 Å². The van der Waals surface area contributed by atoms with E-state index < -0.39 is 0 Å². The molecule has 0 unspecified atom stereocenters. The van der Waals surface area contributed by atoms with Gasteiger partial charge in [-0.1, -0.05) is 12.1 Å². The van der Waals surface area contributed by atoms with E-state index in [0.717, 1.165) is 6.42 Å². The summed E-state index contributed by atoms with van der Waals surface area (Å²) in [6, 6.07) is 3.99. The molecule has 1 rings (SSSR count). The molecule has 0 aliphatic rings. The molecule has 1 aromatic rings. The van der Waals surface area contributed by atoms with Gasteiger partial charge >= 0.3 is 0 Å². The van der Waals surface area contributed by atoms with Gasteiger partial charge in [0.15, 0.2) is 0 Å². The number of nitrogens with zero attached hydrogens (tertiary/aromatic N) is 1. The van der Waals surface area contributed by atoms with Crippen molar-refractivity contribution in [1.29, 1.82) is 0 Å². The summed E-state index contributed by atoms with van der Waals surface area (Å²) in [6.45, 7) is 2.78. The molecule has 0 spiro atoms. The molecule has 0 atom stereocenters. The lowest BCUT2D eigenvalue weighted by molar-refractivity contribution is 1.01. The highest BCUT2D eigenvalue weighted by atomic mass is 14.6. The third-order valence-electron chi connectivity index (χ3n) is 1.73. The summed E-state index contributed by atoms with van der Waals surface area (Å²) in [6.07, 6.45) is 6.71. The van der Waals surface area contributed by atoms with Crippen LogP contribution in [-0.4, -0.2) is 11.5 Å². The minimum absolute atomic E-state index is 0.706. The Morgan fingerprint density at radius 2 is 2.50 bits per heavy atom. The van der Waals surface area contributed by atoms with Crippen molar-refractivity contribution in [3.8, 4) is 0 Å². The van der Waals surface area contributed by atoms with E-state index >= 15 is 0 Å². The highest BCUT2D eigenvalue weighted by Crippen LogP contribution is 2.11. The van der Waals surface area contributed by atoms with Gasteiger partial charge in [0.1, 0.15) is 0 Å². The first-order valence-corrected chi connectivity index (χ1v) is 4.12. The minimum atomic E-state index is 0.706.